The van der Waals surface area contributed by atoms with E-state index in [1.165, 1.54) is 16.8 Å². The lowest BCUT2D eigenvalue weighted by Gasteiger charge is -2.30. The number of amides is 1. The predicted octanol–water partition coefficient (Wildman–Crippen LogP) is 3.41. The van der Waals surface area contributed by atoms with Crippen LogP contribution in [0, 0.1) is 5.92 Å². The van der Waals surface area contributed by atoms with Crippen LogP contribution in [0.4, 0.5) is 0 Å². The molecular formula is C28H38N4O2S. The first kappa shape index (κ1) is 25.6. The Morgan fingerprint density at radius 2 is 2.14 bits per heavy atom. The fourth-order valence-electron chi connectivity index (χ4n) is 5.03. The van der Waals surface area contributed by atoms with Crippen LogP contribution in [0.25, 0.3) is 5.70 Å². The normalized spacial score (nSPS) is 18.8. The van der Waals surface area contributed by atoms with Gasteiger partial charge in [0.2, 0.25) is 5.91 Å². The summed E-state index contributed by atoms with van der Waals surface area (Å²) in [7, 11) is 2.09. The minimum absolute atomic E-state index is 0.0257. The smallest absolute Gasteiger partial charge is 0.227 e. The molecule has 1 aromatic heterocycles. The van der Waals surface area contributed by atoms with E-state index in [2.05, 4.69) is 52.3 Å². The van der Waals surface area contributed by atoms with E-state index in [0.717, 1.165) is 42.9 Å². The topological polar surface area (TPSA) is 69.5 Å². The average Bonchev–Trinajstić information content (AvgIpc) is 3.15. The van der Waals surface area contributed by atoms with Crippen molar-refractivity contribution in [3.63, 3.8) is 0 Å². The number of nitrogens with zero attached hydrogens (tertiary/aromatic N) is 2. The van der Waals surface area contributed by atoms with E-state index in [-0.39, 0.29) is 17.9 Å². The molecule has 0 spiro atoms. The summed E-state index contributed by atoms with van der Waals surface area (Å²) in [6.45, 7) is 7.98. The van der Waals surface area contributed by atoms with Gasteiger partial charge in [-0.15, -0.1) is 6.58 Å². The minimum atomic E-state index is -0.696. The van der Waals surface area contributed by atoms with Gasteiger partial charge in [0, 0.05) is 49.8 Å². The van der Waals surface area contributed by atoms with Crippen molar-refractivity contribution in [3.8, 4) is 0 Å². The van der Waals surface area contributed by atoms with Crippen LogP contribution in [0.5, 0.6) is 0 Å². The first-order valence-corrected chi connectivity index (χ1v) is 13.6. The Labute approximate surface area is 213 Å². The van der Waals surface area contributed by atoms with E-state index < -0.39 is 6.10 Å². The van der Waals surface area contributed by atoms with Gasteiger partial charge >= 0.3 is 0 Å². The Morgan fingerprint density at radius 3 is 2.89 bits per heavy atom. The zero-order valence-electron chi connectivity index (χ0n) is 20.9. The van der Waals surface area contributed by atoms with Crippen LogP contribution in [0.3, 0.4) is 0 Å². The Morgan fingerprint density at radius 1 is 1.34 bits per heavy atom. The zero-order valence-corrected chi connectivity index (χ0v) is 21.7. The van der Waals surface area contributed by atoms with Gasteiger partial charge in [-0.25, -0.2) is 0 Å². The van der Waals surface area contributed by atoms with Crippen molar-refractivity contribution in [2.45, 2.75) is 51.3 Å². The molecule has 6 nitrogen and oxygen atoms in total. The fraction of sp³-hybridized carbons (Fsp3) is 0.464. The largest absolute Gasteiger partial charge is 0.390 e. The Hall–Kier alpha value is -2.48. The number of carbonyl (C=O) groups is 1. The monoisotopic (exact) mass is 494 g/mol. The molecular weight excluding hydrogens is 456 g/mol. The van der Waals surface area contributed by atoms with Gasteiger partial charge in [-0.3, -0.25) is 4.79 Å². The maximum atomic E-state index is 13.6. The molecule has 2 aromatic rings. The van der Waals surface area contributed by atoms with E-state index >= 15 is 0 Å². The molecule has 1 unspecified atom stereocenters. The molecule has 1 aromatic carbocycles. The molecule has 0 radical (unpaired) electrons. The van der Waals surface area contributed by atoms with Crippen LogP contribution in [0.2, 0.25) is 0 Å². The first-order chi connectivity index (χ1) is 17.0. The van der Waals surface area contributed by atoms with Gasteiger partial charge < -0.3 is 24.6 Å². The molecule has 0 saturated carbocycles. The summed E-state index contributed by atoms with van der Waals surface area (Å²) < 4.78 is 4.52. The molecule has 1 amide bonds. The standard InChI is InChI=1S/C28H38N4O2S/c1-4-6-13-29-18-26(33)23(15-20-10-8-7-9-11-20)30-28(34)22-16-24-27-21(12-14-35-31(24)3)19-32(5-2)25(27)17-22/h4,7-11,16,19,22-23,26,29,33H,1,5-6,12-15,17-18H2,2-3H3,(H,30,34)/t22?,23-,26+/m0/s1. The fourth-order valence-corrected chi connectivity index (χ4v) is 5.91. The van der Waals surface area contributed by atoms with Crippen molar-refractivity contribution in [1.29, 1.82) is 0 Å². The van der Waals surface area contributed by atoms with Crippen molar-refractivity contribution < 1.29 is 9.90 Å². The van der Waals surface area contributed by atoms with E-state index in [4.69, 9.17) is 0 Å². The van der Waals surface area contributed by atoms with Crippen LogP contribution < -0.4 is 10.6 Å². The average molecular weight is 495 g/mol. The molecule has 2 aliphatic rings. The summed E-state index contributed by atoms with van der Waals surface area (Å²) in [5, 5.41) is 17.5. The molecule has 2 heterocycles. The number of aryl methyl sites for hydroxylation is 2. The summed E-state index contributed by atoms with van der Waals surface area (Å²) in [4.78, 5) is 13.6. The van der Waals surface area contributed by atoms with Gasteiger partial charge in [-0.1, -0.05) is 36.4 Å². The van der Waals surface area contributed by atoms with E-state index in [0.29, 0.717) is 19.4 Å². The quantitative estimate of drug-likeness (QED) is 0.254. The molecule has 4 rings (SSSR count). The van der Waals surface area contributed by atoms with Crippen LogP contribution in [0.15, 0.2) is 55.3 Å². The second-order valence-electron chi connectivity index (χ2n) is 9.36. The number of aliphatic hydroxyl groups excluding tert-OH is 1. The van der Waals surface area contributed by atoms with Crippen molar-refractivity contribution in [1.82, 2.24) is 19.5 Å². The molecule has 35 heavy (non-hydrogen) atoms. The van der Waals surface area contributed by atoms with E-state index in [1.54, 1.807) is 11.9 Å². The number of nitrogens with one attached hydrogen (secondary N) is 2. The molecule has 0 saturated heterocycles. The number of hydrogen-bond acceptors (Lipinski definition) is 5. The van der Waals surface area contributed by atoms with E-state index in [9.17, 15) is 9.90 Å². The van der Waals surface area contributed by atoms with Crippen LogP contribution in [0.1, 0.15) is 35.7 Å². The van der Waals surface area contributed by atoms with Gasteiger partial charge in [0.25, 0.3) is 0 Å². The second kappa shape index (κ2) is 12.0. The van der Waals surface area contributed by atoms with Gasteiger partial charge in [0.15, 0.2) is 0 Å². The van der Waals surface area contributed by atoms with Crippen molar-refractivity contribution in [2.75, 3.05) is 25.9 Å². The van der Waals surface area contributed by atoms with Gasteiger partial charge in [-0.05, 0) is 61.9 Å². The summed E-state index contributed by atoms with van der Waals surface area (Å²) in [6.07, 6.45) is 8.71. The highest BCUT2D eigenvalue weighted by molar-refractivity contribution is 7.97. The third kappa shape index (κ3) is 6.02. The maximum Gasteiger partial charge on any atom is 0.227 e. The number of rotatable bonds is 11. The SMILES string of the molecule is C=CCCNC[C@@H](O)[C@H](Cc1ccccc1)NC(=O)C1C=C2c3c(cn(CC)c3C1)CCSN2C. The lowest BCUT2D eigenvalue weighted by molar-refractivity contribution is -0.125. The zero-order chi connectivity index (χ0) is 24.8. The molecule has 1 aliphatic heterocycles. The van der Waals surface area contributed by atoms with Crippen LogP contribution >= 0.6 is 11.9 Å². The van der Waals surface area contributed by atoms with Crippen LogP contribution in [-0.4, -0.2) is 57.9 Å². The lowest BCUT2D eigenvalue weighted by Crippen LogP contribution is -2.50. The van der Waals surface area contributed by atoms with Crippen LogP contribution in [-0.2, 0) is 30.6 Å². The van der Waals surface area contributed by atoms with Crippen molar-refractivity contribution >= 4 is 23.6 Å². The number of benzene rings is 1. The number of carbonyl (C=O) groups excluding carboxylic acids is 1. The second-order valence-corrected chi connectivity index (χ2v) is 10.6. The first-order valence-electron chi connectivity index (χ1n) is 12.7. The third-order valence-electron chi connectivity index (χ3n) is 6.94. The molecule has 1 aliphatic carbocycles. The summed E-state index contributed by atoms with van der Waals surface area (Å²) in [6, 6.07) is 9.67. The Balaban J connectivity index is 1.54. The molecule has 0 bridgehead atoms. The number of hydrogen-bond donors (Lipinski definition) is 3. The van der Waals surface area contributed by atoms with Crippen molar-refractivity contribution in [3.05, 3.63) is 77.6 Å². The molecule has 3 atom stereocenters. The highest BCUT2D eigenvalue weighted by Crippen LogP contribution is 2.40. The van der Waals surface area contributed by atoms with Crippen molar-refractivity contribution in [2.24, 2.45) is 5.92 Å². The lowest BCUT2D eigenvalue weighted by atomic mass is 9.88. The number of aromatic nitrogens is 1. The Bertz CT molecular complexity index is 1050. The molecule has 3 N–H and O–H groups in total. The summed E-state index contributed by atoms with van der Waals surface area (Å²) in [5.74, 6) is 0.739. The summed E-state index contributed by atoms with van der Waals surface area (Å²) >= 11 is 1.80. The third-order valence-corrected chi connectivity index (χ3v) is 7.91. The van der Waals surface area contributed by atoms with E-state index in [1.807, 2.05) is 36.4 Å². The maximum absolute atomic E-state index is 13.6. The van der Waals surface area contributed by atoms with Gasteiger partial charge in [-0.2, -0.15) is 0 Å². The molecule has 7 heteroatoms. The molecule has 0 fully saturated rings. The highest BCUT2D eigenvalue weighted by atomic mass is 32.2. The molecule has 188 valence electrons. The van der Waals surface area contributed by atoms with Gasteiger partial charge in [0.1, 0.15) is 0 Å². The predicted molar refractivity (Wildman–Crippen MR) is 145 cm³/mol. The Kier molecular flexibility index (Phi) is 8.76. The highest BCUT2D eigenvalue weighted by Gasteiger charge is 2.34. The minimum Gasteiger partial charge on any atom is -0.390 e. The van der Waals surface area contributed by atoms with Gasteiger partial charge in [0.05, 0.1) is 23.8 Å². The summed E-state index contributed by atoms with van der Waals surface area (Å²) in [5.41, 5.74) is 6.18. The number of aliphatic hydroxyl groups is 1.